The first kappa shape index (κ1) is 21.0. The second-order valence-corrected chi connectivity index (χ2v) is 5.84. The third kappa shape index (κ3) is 5.85. The lowest BCUT2D eigenvalue weighted by Gasteiger charge is -2.10. The van der Waals surface area contributed by atoms with Crippen LogP contribution in [0.3, 0.4) is 0 Å². The number of halogens is 1. The number of carbonyl (C=O) groups excluding carboxylic acids is 3. The number of ether oxygens (including phenoxy) is 3. The third-order valence-corrected chi connectivity index (χ3v) is 3.79. The molecule has 0 heterocycles. The van der Waals surface area contributed by atoms with Crippen molar-refractivity contribution >= 4 is 41.2 Å². The number of methoxy groups -OCH3 is 2. The molecule has 0 aliphatic rings. The van der Waals surface area contributed by atoms with Crippen LogP contribution < -0.4 is 10.1 Å². The van der Waals surface area contributed by atoms with Crippen LogP contribution in [0.2, 0.25) is 5.02 Å². The molecule has 8 heteroatoms. The molecule has 1 amide bonds. The van der Waals surface area contributed by atoms with Crippen LogP contribution in [-0.4, -0.2) is 38.7 Å². The molecule has 0 fully saturated rings. The monoisotopic (exact) mass is 403 g/mol. The number of hydrogen-bond acceptors (Lipinski definition) is 6. The second kappa shape index (κ2) is 10.1. The Balaban J connectivity index is 2.07. The first-order chi connectivity index (χ1) is 13.4. The minimum atomic E-state index is -0.833. The van der Waals surface area contributed by atoms with E-state index in [4.69, 9.17) is 16.3 Å². The maximum absolute atomic E-state index is 11.9. The van der Waals surface area contributed by atoms with E-state index in [2.05, 4.69) is 14.8 Å². The van der Waals surface area contributed by atoms with Gasteiger partial charge in [0.2, 0.25) is 0 Å². The van der Waals surface area contributed by atoms with Gasteiger partial charge in [0.05, 0.1) is 19.2 Å². The lowest BCUT2D eigenvalue weighted by molar-refractivity contribution is -0.143. The molecule has 146 valence electrons. The summed E-state index contributed by atoms with van der Waals surface area (Å²) < 4.78 is 14.6. The number of nitrogens with one attached hydrogen (secondary N) is 1. The highest BCUT2D eigenvalue weighted by Crippen LogP contribution is 2.26. The summed E-state index contributed by atoms with van der Waals surface area (Å²) in [7, 11) is 2.31. The molecule has 0 aliphatic carbocycles. The fourth-order valence-corrected chi connectivity index (χ4v) is 2.42. The number of para-hydroxylation sites is 1. The van der Waals surface area contributed by atoms with E-state index in [0.29, 0.717) is 11.3 Å². The van der Waals surface area contributed by atoms with Crippen molar-refractivity contribution in [1.29, 1.82) is 0 Å². The molecule has 0 unspecified atom stereocenters. The van der Waals surface area contributed by atoms with E-state index in [9.17, 15) is 14.4 Å². The minimum Gasteiger partial charge on any atom is -0.482 e. The zero-order chi connectivity index (χ0) is 20.5. The van der Waals surface area contributed by atoms with Gasteiger partial charge in [-0.25, -0.2) is 9.59 Å². The molecule has 2 aromatic rings. The molecule has 28 heavy (non-hydrogen) atoms. The first-order valence-electron chi connectivity index (χ1n) is 8.10. The van der Waals surface area contributed by atoms with Crippen LogP contribution in [0.25, 0.3) is 6.08 Å². The summed E-state index contributed by atoms with van der Waals surface area (Å²) in [5, 5.41) is 2.89. The normalized spacial score (nSPS) is 9.82. The van der Waals surface area contributed by atoms with Gasteiger partial charge in [0.1, 0.15) is 11.3 Å². The van der Waals surface area contributed by atoms with Crippen LogP contribution >= 0.6 is 11.6 Å². The summed E-state index contributed by atoms with van der Waals surface area (Å²) in [4.78, 5) is 35.3. The van der Waals surface area contributed by atoms with Crippen molar-refractivity contribution in [2.45, 2.75) is 0 Å². The molecule has 2 aromatic carbocycles. The maximum atomic E-state index is 11.9. The fourth-order valence-electron chi connectivity index (χ4n) is 2.17. The predicted molar refractivity (Wildman–Crippen MR) is 104 cm³/mol. The summed E-state index contributed by atoms with van der Waals surface area (Å²) in [5.74, 6) is -1.73. The van der Waals surface area contributed by atoms with Gasteiger partial charge in [-0.05, 0) is 35.9 Å². The van der Waals surface area contributed by atoms with E-state index in [-0.39, 0.29) is 28.9 Å². The second-order valence-electron chi connectivity index (χ2n) is 5.43. The van der Waals surface area contributed by atoms with E-state index in [1.54, 1.807) is 30.3 Å². The number of esters is 2. The highest BCUT2D eigenvalue weighted by Gasteiger charge is 2.19. The van der Waals surface area contributed by atoms with Gasteiger partial charge < -0.3 is 19.5 Å². The van der Waals surface area contributed by atoms with Crippen molar-refractivity contribution in [3.63, 3.8) is 0 Å². The molecule has 0 spiro atoms. The Labute approximate surface area is 166 Å². The van der Waals surface area contributed by atoms with Gasteiger partial charge in [0.15, 0.2) is 6.61 Å². The maximum Gasteiger partial charge on any atom is 0.345 e. The SMILES string of the molecule is COC(=O)C(=Cc1ccc(OCC(=O)Nc2ccccc2)c(Cl)c1)C(=O)OC. The largest absolute Gasteiger partial charge is 0.482 e. The van der Waals surface area contributed by atoms with Crippen LogP contribution in [0.1, 0.15) is 5.56 Å². The average Bonchev–Trinajstić information content (AvgIpc) is 2.71. The van der Waals surface area contributed by atoms with Crippen molar-refractivity contribution in [2.75, 3.05) is 26.1 Å². The minimum absolute atomic E-state index is 0.204. The molecule has 0 radical (unpaired) electrons. The summed E-state index contributed by atoms with van der Waals surface area (Å²) in [5.41, 5.74) is 0.828. The predicted octanol–water partition coefficient (Wildman–Crippen LogP) is 3.09. The molecule has 0 bridgehead atoms. The first-order valence-corrected chi connectivity index (χ1v) is 8.48. The van der Waals surface area contributed by atoms with Crippen LogP contribution in [-0.2, 0) is 23.9 Å². The molecule has 7 nitrogen and oxygen atoms in total. The summed E-state index contributed by atoms with van der Waals surface area (Å²) in [6.07, 6.45) is 1.29. The highest BCUT2D eigenvalue weighted by molar-refractivity contribution is 6.32. The summed E-state index contributed by atoms with van der Waals surface area (Å²) in [6.45, 7) is -0.237. The van der Waals surface area contributed by atoms with Crippen molar-refractivity contribution < 1.29 is 28.6 Å². The topological polar surface area (TPSA) is 90.9 Å². The Morgan fingerprint density at radius 3 is 2.21 bits per heavy atom. The number of anilines is 1. The van der Waals surface area contributed by atoms with Gasteiger partial charge >= 0.3 is 11.9 Å². The molecule has 0 saturated carbocycles. The number of benzene rings is 2. The van der Waals surface area contributed by atoms with Gasteiger partial charge in [-0.1, -0.05) is 35.9 Å². The number of hydrogen-bond donors (Lipinski definition) is 1. The van der Waals surface area contributed by atoms with Crippen LogP contribution in [0.5, 0.6) is 5.75 Å². The van der Waals surface area contributed by atoms with E-state index < -0.39 is 11.9 Å². The van der Waals surface area contributed by atoms with E-state index >= 15 is 0 Å². The molecule has 0 atom stereocenters. The molecule has 0 aromatic heterocycles. The average molecular weight is 404 g/mol. The number of amides is 1. The van der Waals surface area contributed by atoms with E-state index in [0.717, 1.165) is 14.2 Å². The van der Waals surface area contributed by atoms with Crippen LogP contribution in [0.4, 0.5) is 5.69 Å². The standard InChI is InChI=1S/C20H18ClNO6/c1-26-19(24)15(20(25)27-2)10-13-8-9-17(16(21)11-13)28-12-18(23)22-14-6-4-3-5-7-14/h3-11H,12H2,1-2H3,(H,22,23). The molecule has 0 aliphatic heterocycles. The van der Waals surface area contributed by atoms with Crippen molar-refractivity contribution in [3.05, 3.63) is 64.7 Å². The Bertz CT molecular complexity index is 877. The summed E-state index contributed by atoms with van der Waals surface area (Å²) >= 11 is 6.17. The van der Waals surface area contributed by atoms with Gasteiger partial charge in [-0.15, -0.1) is 0 Å². The molecule has 1 N–H and O–H groups in total. The number of carbonyl (C=O) groups is 3. The third-order valence-electron chi connectivity index (χ3n) is 3.49. The zero-order valence-corrected chi connectivity index (χ0v) is 16.0. The Hall–Kier alpha value is -3.32. The van der Waals surface area contributed by atoms with Crippen LogP contribution in [0, 0.1) is 0 Å². The number of rotatable bonds is 7. The Morgan fingerprint density at radius 2 is 1.64 bits per heavy atom. The zero-order valence-electron chi connectivity index (χ0n) is 15.2. The van der Waals surface area contributed by atoms with Crippen molar-refractivity contribution in [2.24, 2.45) is 0 Å². The van der Waals surface area contributed by atoms with Gasteiger partial charge in [-0.3, -0.25) is 4.79 Å². The Morgan fingerprint density at radius 1 is 1.00 bits per heavy atom. The Kier molecular flexibility index (Phi) is 7.59. The lowest BCUT2D eigenvalue weighted by Crippen LogP contribution is -2.20. The van der Waals surface area contributed by atoms with Crippen molar-refractivity contribution in [3.8, 4) is 5.75 Å². The highest BCUT2D eigenvalue weighted by atomic mass is 35.5. The molecule has 0 saturated heterocycles. The lowest BCUT2D eigenvalue weighted by atomic mass is 10.1. The smallest absolute Gasteiger partial charge is 0.345 e. The van der Waals surface area contributed by atoms with Gasteiger partial charge in [-0.2, -0.15) is 0 Å². The van der Waals surface area contributed by atoms with Gasteiger partial charge in [0.25, 0.3) is 5.91 Å². The fraction of sp³-hybridized carbons (Fsp3) is 0.150. The van der Waals surface area contributed by atoms with Gasteiger partial charge in [0, 0.05) is 5.69 Å². The van der Waals surface area contributed by atoms with Crippen molar-refractivity contribution in [1.82, 2.24) is 0 Å². The molecular formula is C20H18ClNO6. The molecule has 2 rings (SSSR count). The quantitative estimate of drug-likeness (QED) is 0.330. The molecular weight excluding hydrogens is 386 g/mol. The van der Waals surface area contributed by atoms with E-state index in [1.165, 1.54) is 18.2 Å². The van der Waals surface area contributed by atoms with Crippen LogP contribution in [0.15, 0.2) is 54.1 Å². The summed E-state index contributed by atoms with van der Waals surface area (Å²) in [6, 6.07) is 13.5. The van der Waals surface area contributed by atoms with E-state index in [1.807, 2.05) is 6.07 Å².